The lowest BCUT2D eigenvalue weighted by Gasteiger charge is -2.12. The first-order chi connectivity index (χ1) is 7.25. The summed E-state index contributed by atoms with van der Waals surface area (Å²) in [5.74, 6) is -0.365. The fourth-order valence-electron chi connectivity index (χ4n) is 1.30. The minimum atomic E-state index is -0.795. The highest BCUT2D eigenvalue weighted by Crippen LogP contribution is 2.15. The molecule has 0 saturated carbocycles. The lowest BCUT2D eigenvalue weighted by molar-refractivity contribution is 0.170. The quantitative estimate of drug-likeness (QED) is 0.555. The molecule has 2 nitrogen and oxygen atoms in total. The number of benzene rings is 1. The van der Waals surface area contributed by atoms with Gasteiger partial charge in [0, 0.05) is 12.1 Å². The van der Waals surface area contributed by atoms with E-state index in [9.17, 15) is 9.50 Å². The van der Waals surface area contributed by atoms with Crippen molar-refractivity contribution in [3.63, 3.8) is 0 Å². The number of aliphatic hydroxyl groups is 1. The number of rotatable bonds is 6. The molecule has 0 bridgehead atoms. The molecule has 1 atom stereocenters. The molecule has 1 aromatic rings. The monoisotopic (exact) mass is 209 g/mol. The third-order valence-electron chi connectivity index (χ3n) is 2.13. The average Bonchev–Trinajstić information content (AvgIpc) is 2.25. The summed E-state index contributed by atoms with van der Waals surface area (Å²) >= 11 is 0. The first-order valence-electron chi connectivity index (χ1n) is 5.00. The van der Waals surface area contributed by atoms with Crippen molar-refractivity contribution in [1.82, 2.24) is 5.32 Å². The van der Waals surface area contributed by atoms with Gasteiger partial charge in [-0.3, -0.25) is 0 Å². The summed E-state index contributed by atoms with van der Waals surface area (Å²) in [6.45, 7) is 4.69. The second kappa shape index (κ2) is 6.32. The standard InChI is InChI=1S/C12H16FNO/c1-2-3-8-14-9-12(15)10-6-4-5-7-11(10)13/h2,4-7,12,14-15H,1,3,8-9H2. The van der Waals surface area contributed by atoms with Crippen molar-refractivity contribution < 1.29 is 9.50 Å². The minimum absolute atomic E-state index is 0.337. The van der Waals surface area contributed by atoms with E-state index in [1.165, 1.54) is 6.07 Å². The Bertz CT molecular complexity index is 314. The van der Waals surface area contributed by atoms with Crippen LogP contribution in [0.5, 0.6) is 0 Å². The van der Waals surface area contributed by atoms with Crippen LogP contribution in [0.25, 0.3) is 0 Å². The van der Waals surface area contributed by atoms with E-state index in [1.54, 1.807) is 24.3 Å². The van der Waals surface area contributed by atoms with E-state index in [2.05, 4.69) is 11.9 Å². The molecule has 0 aromatic heterocycles. The van der Waals surface area contributed by atoms with Crippen LogP contribution >= 0.6 is 0 Å². The van der Waals surface area contributed by atoms with Crippen LogP contribution in [0.15, 0.2) is 36.9 Å². The van der Waals surface area contributed by atoms with E-state index in [1.807, 2.05) is 0 Å². The van der Waals surface area contributed by atoms with E-state index in [0.717, 1.165) is 13.0 Å². The highest BCUT2D eigenvalue weighted by molar-refractivity contribution is 5.19. The van der Waals surface area contributed by atoms with E-state index >= 15 is 0 Å². The van der Waals surface area contributed by atoms with Gasteiger partial charge in [-0.25, -0.2) is 4.39 Å². The molecule has 0 aliphatic heterocycles. The highest BCUT2D eigenvalue weighted by Gasteiger charge is 2.10. The predicted octanol–water partition coefficient (Wildman–Crippen LogP) is 2.02. The lowest BCUT2D eigenvalue weighted by atomic mass is 10.1. The van der Waals surface area contributed by atoms with Crippen LogP contribution in [-0.2, 0) is 0 Å². The third kappa shape index (κ3) is 3.81. The lowest BCUT2D eigenvalue weighted by Crippen LogP contribution is -2.22. The maximum Gasteiger partial charge on any atom is 0.129 e. The SMILES string of the molecule is C=CCCNCC(O)c1ccccc1F. The molecule has 0 aliphatic carbocycles. The average molecular weight is 209 g/mol. The Morgan fingerprint density at radius 3 is 2.87 bits per heavy atom. The molecule has 3 heteroatoms. The van der Waals surface area contributed by atoms with Gasteiger partial charge in [-0.15, -0.1) is 6.58 Å². The Kier molecular flexibility index (Phi) is 5.01. The molecule has 82 valence electrons. The smallest absolute Gasteiger partial charge is 0.129 e. The molecule has 0 spiro atoms. The van der Waals surface area contributed by atoms with Crippen LogP contribution in [0.1, 0.15) is 18.1 Å². The van der Waals surface area contributed by atoms with Crippen LogP contribution in [0.4, 0.5) is 4.39 Å². The van der Waals surface area contributed by atoms with Crippen molar-refractivity contribution in [1.29, 1.82) is 0 Å². The van der Waals surface area contributed by atoms with Crippen molar-refractivity contribution in [2.45, 2.75) is 12.5 Å². The molecule has 0 heterocycles. The van der Waals surface area contributed by atoms with Crippen LogP contribution < -0.4 is 5.32 Å². The number of halogens is 1. The summed E-state index contributed by atoms with van der Waals surface area (Å²) in [5.41, 5.74) is 0.337. The van der Waals surface area contributed by atoms with Crippen LogP contribution in [0.3, 0.4) is 0 Å². The molecule has 1 aromatic carbocycles. The van der Waals surface area contributed by atoms with Gasteiger partial charge < -0.3 is 10.4 Å². The van der Waals surface area contributed by atoms with Crippen molar-refractivity contribution >= 4 is 0 Å². The summed E-state index contributed by atoms with van der Waals surface area (Å²) in [6, 6.07) is 6.26. The van der Waals surface area contributed by atoms with Gasteiger partial charge in [-0.2, -0.15) is 0 Å². The second-order valence-electron chi connectivity index (χ2n) is 3.32. The van der Waals surface area contributed by atoms with Gasteiger partial charge >= 0.3 is 0 Å². The normalized spacial score (nSPS) is 12.4. The van der Waals surface area contributed by atoms with Gasteiger partial charge in [0.25, 0.3) is 0 Å². The maximum atomic E-state index is 13.2. The number of hydrogen-bond acceptors (Lipinski definition) is 2. The molecule has 1 unspecified atom stereocenters. The second-order valence-corrected chi connectivity index (χ2v) is 3.32. The topological polar surface area (TPSA) is 32.3 Å². The third-order valence-corrected chi connectivity index (χ3v) is 2.13. The van der Waals surface area contributed by atoms with Crippen LogP contribution in [0, 0.1) is 5.82 Å². The van der Waals surface area contributed by atoms with Gasteiger partial charge in [-0.05, 0) is 19.0 Å². The van der Waals surface area contributed by atoms with Crippen molar-refractivity contribution in [3.05, 3.63) is 48.3 Å². The zero-order chi connectivity index (χ0) is 11.1. The first kappa shape index (κ1) is 11.9. The van der Waals surface area contributed by atoms with Gasteiger partial charge in [0.05, 0.1) is 6.10 Å². The van der Waals surface area contributed by atoms with Crippen molar-refractivity contribution in [3.8, 4) is 0 Å². The van der Waals surface area contributed by atoms with E-state index in [4.69, 9.17) is 0 Å². The van der Waals surface area contributed by atoms with Crippen molar-refractivity contribution in [2.75, 3.05) is 13.1 Å². The van der Waals surface area contributed by atoms with E-state index in [-0.39, 0.29) is 5.82 Å². The summed E-state index contributed by atoms with van der Waals surface area (Å²) in [5, 5.41) is 12.7. The van der Waals surface area contributed by atoms with Crippen molar-refractivity contribution in [2.24, 2.45) is 0 Å². The molecular formula is C12H16FNO. The molecule has 0 saturated heterocycles. The molecule has 2 N–H and O–H groups in total. The zero-order valence-corrected chi connectivity index (χ0v) is 8.62. The molecule has 0 amide bonds. The summed E-state index contributed by atoms with van der Waals surface area (Å²) in [7, 11) is 0. The zero-order valence-electron chi connectivity index (χ0n) is 8.62. The molecule has 15 heavy (non-hydrogen) atoms. The molecular weight excluding hydrogens is 193 g/mol. The molecule has 0 radical (unpaired) electrons. The highest BCUT2D eigenvalue weighted by atomic mass is 19.1. The van der Waals surface area contributed by atoms with Gasteiger partial charge in [0.1, 0.15) is 5.82 Å². The number of aliphatic hydroxyl groups excluding tert-OH is 1. The summed E-state index contributed by atoms with van der Waals surface area (Å²) < 4.78 is 13.2. The van der Waals surface area contributed by atoms with Gasteiger partial charge in [0.15, 0.2) is 0 Å². The number of hydrogen-bond donors (Lipinski definition) is 2. The fraction of sp³-hybridized carbons (Fsp3) is 0.333. The molecule has 0 fully saturated rings. The predicted molar refractivity (Wildman–Crippen MR) is 59.0 cm³/mol. The van der Waals surface area contributed by atoms with Crippen LogP contribution in [0.2, 0.25) is 0 Å². The molecule has 1 rings (SSSR count). The molecule has 0 aliphatic rings. The van der Waals surface area contributed by atoms with E-state index < -0.39 is 6.10 Å². The fourth-order valence-corrected chi connectivity index (χ4v) is 1.30. The summed E-state index contributed by atoms with van der Waals surface area (Å²) in [4.78, 5) is 0. The Hall–Kier alpha value is -1.19. The maximum absolute atomic E-state index is 13.2. The Morgan fingerprint density at radius 2 is 2.20 bits per heavy atom. The summed E-state index contributed by atoms with van der Waals surface area (Å²) in [6.07, 6.45) is 1.84. The largest absolute Gasteiger partial charge is 0.387 e. The van der Waals surface area contributed by atoms with Gasteiger partial charge in [-0.1, -0.05) is 24.3 Å². The Morgan fingerprint density at radius 1 is 1.47 bits per heavy atom. The first-order valence-corrected chi connectivity index (χ1v) is 5.00. The Labute approximate surface area is 89.4 Å². The van der Waals surface area contributed by atoms with E-state index in [0.29, 0.717) is 12.1 Å². The van der Waals surface area contributed by atoms with Crippen LogP contribution in [-0.4, -0.2) is 18.2 Å². The Balaban J connectivity index is 2.43. The van der Waals surface area contributed by atoms with Gasteiger partial charge in [0.2, 0.25) is 0 Å². The minimum Gasteiger partial charge on any atom is -0.387 e. The number of nitrogens with one attached hydrogen (secondary N) is 1.